The average molecular weight is 226 g/mol. The minimum absolute atomic E-state index is 0.682. The Bertz CT molecular complexity index is 200. The van der Waals surface area contributed by atoms with E-state index < -0.39 is 0 Å². The maximum absolute atomic E-state index is 5.16. The molecular weight excluding hydrogens is 200 g/mol. The van der Waals surface area contributed by atoms with Crippen LogP contribution < -0.4 is 5.32 Å². The van der Waals surface area contributed by atoms with Crippen molar-refractivity contribution in [3.63, 3.8) is 0 Å². The molecule has 0 amide bonds. The zero-order valence-electron chi connectivity index (χ0n) is 10.8. The van der Waals surface area contributed by atoms with E-state index in [-0.39, 0.29) is 0 Å². The van der Waals surface area contributed by atoms with Crippen molar-refractivity contribution < 1.29 is 4.74 Å². The molecule has 1 aliphatic heterocycles. The van der Waals surface area contributed by atoms with Crippen LogP contribution in [0.3, 0.4) is 0 Å². The van der Waals surface area contributed by atoms with Crippen molar-refractivity contribution in [2.24, 2.45) is 0 Å². The Kier molecular flexibility index (Phi) is 6.69. The van der Waals surface area contributed by atoms with E-state index in [0.717, 1.165) is 32.7 Å². The molecule has 1 saturated heterocycles. The number of rotatable bonds is 8. The highest BCUT2D eigenvalue weighted by Crippen LogP contribution is 2.08. The van der Waals surface area contributed by atoms with Crippen LogP contribution in [0.1, 0.15) is 26.2 Å². The summed E-state index contributed by atoms with van der Waals surface area (Å²) >= 11 is 0. The van der Waals surface area contributed by atoms with Crippen molar-refractivity contribution in [2.45, 2.75) is 32.2 Å². The molecule has 0 aromatic heterocycles. The lowest BCUT2D eigenvalue weighted by atomic mass is 10.2. The molecule has 0 saturated carbocycles. The summed E-state index contributed by atoms with van der Waals surface area (Å²) in [6, 6.07) is 0.682. The minimum Gasteiger partial charge on any atom is -0.383 e. The summed E-state index contributed by atoms with van der Waals surface area (Å²) in [6.45, 7) is 11.4. The van der Waals surface area contributed by atoms with Gasteiger partial charge in [0.2, 0.25) is 0 Å². The predicted molar refractivity (Wildman–Crippen MR) is 68.8 cm³/mol. The van der Waals surface area contributed by atoms with E-state index in [2.05, 4.69) is 23.7 Å². The standard InChI is InChI=1S/C13H26N2O/c1-12(2)6-8-15(9-10-16-3)11-13-5-4-7-14-13/h13-14H,1,4-11H2,2-3H3. The first-order chi connectivity index (χ1) is 7.72. The van der Waals surface area contributed by atoms with Gasteiger partial charge in [0.05, 0.1) is 6.61 Å². The van der Waals surface area contributed by atoms with E-state index in [0.29, 0.717) is 6.04 Å². The summed E-state index contributed by atoms with van der Waals surface area (Å²) in [4.78, 5) is 2.49. The van der Waals surface area contributed by atoms with Crippen LogP contribution in [0, 0.1) is 0 Å². The molecule has 16 heavy (non-hydrogen) atoms. The minimum atomic E-state index is 0.682. The molecule has 3 nitrogen and oxygen atoms in total. The van der Waals surface area contributed by atoms with Crippen LogP contribution in [0.2, 0.25) is 0 Å². The van der Waals surface area contributed by atoms with Crippen LogP contribution in [0.15, 0.2) is 12.2 Å². The summed E-state index contributed by atoms with van der Waals surface area (Å²) in [5.74, 6) is 0. The lowest BCUT2D eigenvalue weighted by Gasteiger charge is -2.25. The molecule has 0 spiro atoms. The summed E-state index contributed by atoms with van der Waals surface area (Å²) in [5.41, 5.74) is 1.27. The topological polar surface area (TPSA) is 24.5 Å². The molecule has 1 N–H and O–H groups in total. The highest BCUT2D eigenvalue weighted by molar-refractivity contribution is 4.89. The second-order valence-electron chi connectivity index (χ2n) is 4.79. The van der Waals surface area contributed by atoms with Gasteiger partial charge in [-0.05, 0) is 32.7 Å². The first kappa shape index (κ1) is 13.7. The van der Waals surface area contributed by atoms with Gasteiger partial charge < -0.3 is 10.1 Å². The van der Waals surface area contributed by atoms with Gasteiger partial charge >= 0.3 is 0 Å². The Labute approximate surface area is 99.8 Å². The number of nitrogens with one attached hydrogen (secondary N) is 1. The highest BCUT2D eigenvalue weighted by Gasteiger charge is 2.17. The van der Waals surface area contributed by atoms with E-state index in [9.17, 15) is 0 Å². The lowest BCUT2D eigenvalue weighted by Crippen LogP contribution is -2.39. The zero-order valence-corrected chi connectivity index (χ0v) is 10.8. The molecule has 94 valence electrons. The summed E-state index contributed by atoms with van der Waals surface area (Å²) in [6.07, 6.45) is 3.73. The molecule has 0 aromatic rings. The third kappa shape index (κ3) is 5.64. The lowest BCUT2D eigenvalue weighted by molar-refractivity contribution is 0.143. The number of methoxy groups -OCH3 is 1. The van der Waals surface area contributed by atoms with Gasteiger partial charge in [0, 0.05) is 32.8 Å². The van der Waals surface area contributed by atoms with Gasteiger partial charge in [-0.3, -0.25) is 4.90 Å². The van der Waals surface area contributed by atoms with Crippen LogP contribution in [0.4, 0.5) is 0 Å². The van der Waals surface area contributed by atoms with Crippen molar-refractivity contribution >= 4 is 0 Å². The van der Waals surface area contributed by atoms with E-state index in [1.54, 1.807) is 7.11 Å². The van der Waals surface area contributed by atoms with Gasteiger partial charge in [-0.15, -0.1) is 6.58 Å². The molecule has 1 rings (SSSR count). The van der Waals surface area contributed by atoms with Crippen LogP contribution >= 0.6 is 0 Å². The SMILES string of the molecule is C=C(C)CCN(CCOC)CC1CCCN1. The van der Waals surface area contributed by atoms with Crippen LogP contribution in [0.25, 0.3) is 0 Å². The summed E-state index contributed by atoms with van der Waals surface area (Å²) in [5, 5.41) is 3.55. The van der Waals surface area contributed by atoms with Crippen molar-refractivity contribution in [1.29, 1.82) is 0 Å². The van der Waals surface area contributed by atoms with Gasteiger partial charge in [0.25, 0.3) is 0 Å². The Balaban J connectivity index is 2.26. The smallest absolute Gasteiger partial charge is 0.0589 e. The molecule has 1 aliphatic rings. The molecule has 0 aliphatic carbocycles. The van der Waals surface area contributed by atoms with E-state index >= 15 is 0 Å². The normalized spacial score (nSPS) is 20.6. The molecule has 1 fully saturated rings. The Hall–Kier alpha value is -0.380. The fourth-order valence-electron chi connectivity index (χ4n) is 2.09. The van der Waals surface area contributed by atoms with Gasteiger partial charge in [-0.1, -0.05) is 5.57 Å². The Morgan fingerprint density at radius 3 is 2.88 bits per heavy atom. The first-order valence-electron chi connectivity index (χ1n) is 6.31. The van der Waals surface area contributed by atoms with Crippen molar-refractivity contribution in [3.05, 3.63) is 12.2 Å². The van der Waals surface area contributed by atoms with E-state index in [4.69, 9.17) is 4.74 Å². The van der Waals surface area contributed by atoms with Gasteiger partial charge in [-0.2, -0.15) is 0 Å². The van der Waals surface area contributed by atoms with Gasteiger partial charge in [0.1, 0.15) is 0 Å². The monoisotopic (exact) mass is 226 g/mol. The van der Waals surface area contributed by atoms with Crippen molar-refractivity contribution in [2.75, 3.05) is 39.9 Å². The molecule has 3 heteroatoms. The van der Waals surface area contributed by atoms with E-state index in [1.807, 2.05) is 0 Å². The molecule has 0 aromatic carbocycles. The Morgan fingerprint density at radius 2 is 2.31 bits per heavy atom. The number of nitrogens with zero attached hydrogens (tertiary/aromatic N) is 1. The molecule has 1 heterocycles. The highest BCUT2D eigenvalue weighted by atomic mass is 16.5. The second-order valence-corrected chi connectivity index (χ2v) is 4.79. The molecular formula is C13H26N2O. The van der Waals surface area contributed by atoms with Crippen molar-refractivity contribution in [3.8, 4) is 0 Å². The van der Waals surface area contributed by atoms with E-state index in [1.165, 1.54) is 25.0 Å². The second kappa shape index (κ2) is 7.82. The van der Waals surface area contributed by atoms with Crippen LogP contribution in [-0.2, 0) is 4.74 Å². The third-order valence-corrected chi connectivity index (χ3v) is 3.11. The fraction of sp³-hybridized carbons (Fsp3) is 0.846. The zero-order chi connectivity index (χ0) is 11.8. The maximum Gasteiger partial charge on any atom is 0.0589 e. The molecule has 0 bridgehead atoms. The van der Waals surface area contributed by atoms with Gasteiger partial charge in [0.15, 0.2) is 0 Å². The molecule has 0 radical (unpaired) electrons. The predicted octanol–water partition coefficient (Wildman–Crippen LogP) is 1.65. The quantitative estimate of drug-likeness (QED) is 0.637. The van der Waals surface area contributed by atoms with Crippen LogP contribution in [0.5, 0.6) is 0 Å². The van der Waals surface area contributed by atoms with Crippen molar-refractivity contribution in [1.82, 2.24) is 10.2 Å². The number of hydrogen-bond donors (Lipinski definition) is 1. The maximum atomic E-state index is 5.16. The largest absolute Gasteiger partial charge is 0.383 e. The number of hydrogen-bond acceptors (Lipinski definition) is 3. The molecule has 1 unspecified atom stereocenters. The Morgan fingerprint density at radius 1 is 1.50 bits per heavy atom. The summed E-state index contributed by atoms with van der Waals surface area (Å²) in [7, 11) is 1.77. The fourth-order valence-corrected chi connectivity index (χ4v) is 2.09. The average Bonchev–Trinajstić information content (AvgIpc) is 2.74. The van der Waals surface area contributed by atoms with Gasteiger partial charge in [-0.25, -0.2) is 0 Å². The van der Waals surface area contributed by atoms with Crippen LogP contribution in [-0.4, -0.2) is 50.8 Å². The first-order valence-corrected chi connectivity index (χ1v) is 6.31. The third-order valence-electron chi connectivity index (χ3n) is 3.11. The molecule has 1 atom stereocenters. The summed E-state index contributed by atoms with van der Waals surface area (Å²) < 4.78 is 5.16. The number of ether oxygens (including phenoxy) is 1.